The van der Waals surface area contributed by atoms with E-state index < -0.39 is 11.7 Å². The average molecular weight is 426 g/mol. The second-order valence-electron chi connectivity index (χ2n) is 9.45. The maximum Gasteiger partial charge on any atom is 0.160 e. The summed E-state index contributed by atoms with van der Waals surface area (Å²) in [5.74, 6) is 2.93. The molecular formula is C26H35NO4. The van der Waals surface area contributed by atoms with Crippen molar-refractivity contribution >= 4 is 5.69 Å². The summed E-state index contributed by atoms with van der Waals surface area (Å²) >= 11 is 0. The van der Waals surface area contributed by atoms with Crippen LogP contribution < -0.4 is 19.1 Å². The van der Waals surface area contributed by atoms with Crippen molar-refractivity contribution in [1.29, 1.82) is 0 Å². The number of hydrogen-bond acceptors (Lipinski definition) is 5. The fourth-order valence-corrected chi connectivity index (χ4v) is 5.27. The van der Waals surface area contributed by atoms with Crippen LogP contribution in [0, 0.1) is 20.8 Å². The van der Waals surface area contributed by atoms with Crippen molar-refractivity contribution in [1.82, 2.24) is 0 Å². The third-order valence-corrected chi connectivity index (χ3v) is 7.25. The van der Waals surface area contributed by atoms with Crippen molar-refractivity contribution in [2.75, 3.05) is 32.2 Å². The van der Waals surface area contributed by atoms with Crippen molar-refractivity contribution < 1.29 is 19.3 Å². The molecule has 0 saturated carbocycles. The Morgan fingerprint density at radius 2 is 1.61 bits per heavy atom. The molecule has 2 aliphatic rings. The maximum absolute atomic E-state index is 10.9. The number of hydrogen-bond donors (Lipinski definition) is 1. The summed E-state index contributed by atoms with van der Waals surface area (Å²) in [5.41, 5.74) is 6.49. The first-order chi connectivity index (χ1) is 14.7. The molecular weight excluding hydrogens is 390 g/mol. The van der Waals surface area contributed by atoms with Gasteiger partial charge in [0.25, 0.3) is 0 Å². The molecule has 2 aliphatic heterocycles. The lowest BCUT2D eigenvalue weighted by Crippen LogP contribution is -2.34. The Bertz CT molecular complexity index is 990. The average Bonchev–Trinajstić information content (AvgIpc) is 3.01. The number of rotatable bonds is 4. The van der Waals surface area contributed by atoms with Crippen molar-refractivity contribution in [3.05, 3.63) is 46.0 Å². The molecule has 5 nitrogen and oxygen atoms in total. The van der Waals surface area contributed by atoms with E-state index in [1.165, 1.54) is 16.8 Å². The minimum absolute atomic E-state index is 0.500. The summed E-state index contributed by atoms with van der Waals surface area (Å²) in [6.45, 7) is 12.3. The van der Waals surface area contributed by atoms with Gasteiger partial charge in [0.05, 0.1) is 14.2 Å². The topological polar surface area (TPSA) is 51.2 Å². The lowest BCUT2D eigenvalue weighted by Gasteiger charge is -2.36. The van der Waals surface area contributed by atoms with Crippen LogP contribution in [0.25, 0.3) is 0 Å². The van der Waals surface area contributed by atoms with Crippen molar-refractivity contribution in [2.45, 2.75) is 65.1 Å². The fourth-order valence-electron chi connectivity index (χ4n) is 5.27. The van der Waals surface area contributed by atoms with Gasteiger partial charge in [-0.05, 0) is 87.8 Å². The highest BCUT2D eigenvalue weighted by Gasteiger charge is 2.43. The summed E-state index contributed by atoms with van der Waals surface area (Å²) in [6, 6.07) is 6.28. The third-order valence-electron chi connectivity index (χ3n) is 7.25. The minimum atomic E-state index is -0.607. The number of benzene rings is 2. The van der Waals surface area contributed by atoms with Crippen LogP contribution in [0.1, 0.15) is 66.5 Å². The monoisotopic (exact) mass is 425 g/mol. The van der Waals surface area contributed by atoms with Crippen LogP contribution in [0.3, 0.4) is 0 Å². The van der Waals surface area contributed by atoms with Gasteiger partial charge < -0.3 is 24.2 Å². The van der Waals surface area contributed by atoms with Gasteiger partial charge in [-0.15, -0.1) is 0 Å². The van der Waals surface area contributed by atoms with Crippen LogP contribution in [0.15, 0.2) is 18.2 Å². The Labute approximate surface area is 185 Å². The van der Waals surface area contributed by atoms with E-state index >= 15 is 0 Å². The molecule has 0 spiro atoms. The van der Waals surface area contributed by atoms with Gasteiger partial charge in [-0.2, -0.15) is 0 Å². The number of aliphatic hydroxyl groups is 1. The Kier molecular flexibility index (Phi) is 5.59. The normalized spacial score (nSPS) is 20.4. The van der Waals surface area contributed by atoms with Gasteiger partial charge in [-0.25, -0.2) is 0 Å². The Morgan fingerprint density at radius 3 is 2.23 bits per heavy atom. The van der Waals surface area contributed by atoms with E-state index in [1.807, 2.05) is 19.9 Å². The minimum Gasteiger partial charge on any atom is -0.493 e. The summed E-state index contributed by atoms with van der Waals surface area (Å²) in [6.07, 6.45) is 1.55. The van der Waals surface area contributed by atoms with E-state index in [0.717, 1.165) is 59.9 Å². The molecule has 2 aromatic carbocycles. The molecule has 4 rings (SSSR count). The first kappa shape index (κ1) is 21.8. The van der Waals surface area contributed by atoms with Gasteiger partial charge >= 0.3 is 0 Å². The second kappa shape index (κ2) is 7.94. The van der Waals surface area contributed by atoms with E-state index in [0.29, 0.717) is 5.92 Å². The fraction of sp³-hybridized carbons (Fsp3) is 0.538. The van der Waals surface area contributed by atoms with Crippen LogP contribution in [0.4, 0.5) is 5.69 Å². The molecule has 1 fully saturated rings. The van der Waals surface area contributed by atoms with E-state index in [4.69, 9.17) is 14.2 Å². The van der Waals surface area contributed by atoms with E-state index in [2.05, 4.69) is 37.8 Å². The molecule has 168 valence electrons. The lowest BCUT2D eigenvalue weighted by molar-refractivity contribution is 0.000145. The SMILES string of the molecule is COc1ccc(C2CCN(c3c(C)c(C)c4c(c3C)C(O)C(C)(C)O4)CC2)cc1OC. The highest BCUT2D eigenvalue weighted by Crippen LogP contribution is 2.51. The van der Waals surface area contributed by atoms with Gasteiger partial charge in [0, 0.05) is 24.3 Å². The molecule has 31 heavy (non-hydrogen) atoms. The first-order valence-corrected chi connectivity index (χ1v) is 11.2. The number of fused-ring (bicyclic) bond motifs is 1. The predicted molar refractivity (Wildman–Crippen MR) is 124 cm³/mol. The molecule has 1 N–H and O–H groups in total. The first-order valence-electron chi connectivity index (χ1n) is 11.2. The molecule has 0 amide bonds. The Hall–Kier alpha value is -2.40. The molecule has 0 aromatic heterocycles. The van der Waals surface area contributed by atoms with Crippen LogP contribution in [0.2, 0.25) is 0 Å². The molecule has 1 saturated heterocycles. The lowest BCUT2D eigenvalue weighted by atomic mass is 9.86. The number of anilines is 1. The standard InChI is InChI=1S/C26H35NO4/c1-15-16(2)24-22(25(28)26(4,5)31-24)17(3)23(15)27-12-10-18(11-13-27)19-8-9-20(29-6)21(14-19)30-7/h8-9,14,18,25,28H,10-13H2,1-7H3. The van der Waals surface area contributed by atoms with Crippen molar-refractivity contribution in [3.8, 4) is 17.2 Å². The second-order valence-corrected chi connectivity index (χ2v) is 9.45. The largest absolute Gasteiger partial charge is 0.493 e. The molecule has 0 bridgehead atoms. The van der Waals surface area contributed by atoms with E-state index in [1.54, 1.807) is 14.2 Å². The zero-order valence-corrected chi connectivity index (χ0v) is 19.8. The summed E-state index contributed by atoms with van der Waals surface area (Å²) in [4.78, 5) is 2.49. The van der Waals surface area contributed by atoms with Crippen LogP contribution in [-0.4, -0.2) is 38.0 Å². The smallest absolute Gasteiger partial charge is 0.160 e. The summed E-state index contributed by atoms with van der Waals surface area (Å²) < 4.78 is 17.1. The molecule has 0 radical (unpaired) electrons. The Morgan fingerprint density at radius 1 is 0.968 bits per heavy atom. The summed E-state index contributed by atoms with van der Waals surface area (Å²) in [5, 5.41) is 10.9. The highest BCUT2D eigenvalue weighted by molar-refractivity contribution is 5.70. The number of nitrogens with zero attached hydrogens (tertiary/aromatic N) is 1. The quantitative estimate of drug-likeness (QED) is 0.728. The van der Waals surface area contributed by atoms with Crippen LogP contribution in [-0.2, 0) is 0 Å². The van der Waals surface area contributed by atoms with Crippen molar-refractivity contribution in [3.63, 3.8) is 0 Å². The van der Waals surface area contributed by atoms with E-state index in [9.17, 15) is 5.11 Å². The van der Waals surface area contributed by atoms with Gasteiger partial charge in [0.1, 0.15) is 17.5 Å². The number of piperidine rings is 1. The molecule has 5 heteroatoms. The molecule has 2 aromatic rings. The molecule has 1 atom stereocenters. The van der Waals surface area contributed by atoms with Gasteiger partial charge in [0.2, 0.25) is 0 Å². The third kappa shape index (κ3) is 3.53. The highest BCUT2D eigenvalue weighted by atomic mass is 16.5. The summed E-state index contributed by atoms with van der Waals surface area (Å²) in [7, 11) is 3.35. The number of methoxy groups -OCH3 is 2. The van der Waals surface area contributed by atoms with Crippen LogP contribution in [0.5, 0.6) is 17.2 Å². The zero-order valence-electron chi connectivity index (χ0n) is 19.8. The molecule has 0 aliphatic carbocycles. The number of aliphatic hydroxyl groups excluding tert-OH is 1. The predicted octanol–water partition coefficient (Wildman–Crippen LogP) is 5.22. The van der Waals surface area contributed by atoms with Crippen molar-refractivity contribution in [2.24, 2.45) is 0 Å². The van der Waals surface area contributed by atoms with Gasteiger partial charge in [-0.3, -0.25) is 0 Å². The zero-order chi connectivity index (χ0) is 22.5. The Balaban J connectivity index is 1.59. The van der Waals surface area contributed by atoms with Gasteiger partial charge in [-0.1, -0.05) is 6.07 Å². The van der Waals surface area contributed by atoms with Crippen LogP contribution >= 0.6 is 0 Å². The van der Waals surface area contributed by atoms with Gasteiger partial charge in [0.15, 0.2) is 11.5 Å². The van der Waals surface area contributed by atoms with E-state index in [-0.39, 0.29) is 0 Å². The molecule has 2 heterocycles. The maximum atomic E-state index is 10.9. The number of ether oxygens (including phenoxy) is 3. The molecule has 1 unspecified atom stereocenters.